The van der Waals surface area contributed by atoms with Gasteiger partial charge in [0.25, 0.3) is 0 Å². The molecule has 1 heterocycles. The first kappa shape index (κ1) is 10.1. The van der Waals surface area contributed by atoms with Crippen molar-refractivity contribution in [3.8, 4) is 0 Å². The van der Waals surface area contributed by atoms with E-state index >= 15 is 0 Å². The highest BCUT2D eigenvalue weighted by atomic mass is 16.5. The van der Waals surface area contributed by atoms with Gasteiger partial charge < -0.3 is 4.74 Å². The Labute approximate surface area is 89.6 Å². The first-order chi connectivity index (χ1) is 7.33. The third-order valence-electron chi connectivity index (χ3n) is 2.77. The molecule has 2 heteroatoms. The molecule has 1 atom stereocenters. The maximum absolute atomic E-state index is 11.1. The van der Waals surface area contributed by atoms with Gasteiger partial charge >= 0.3 is 0 Å². The van der Waals surface area contributed by atoms with E-state index in [1.54, 1.807) is 0 Å². The molecule has 15 heavy (non-hydrogen) atoms. The van der Waals surface area contributed by atoms with Crippen LogP contribution >= 0.6 is 0 Å². The van der Waals surface area contributed by atoms with Crippen LogP contribution in [0.5, 0.6) is 0 Å². The lowest BCUT2D eigenvalue weighted by Gasteiger charge is -2.07. The lowest BCUT2D eigenvalue weighted by molar-refractivity contribution is -0.103. The van der Waals surface area contributed by atoms with E-state index in [1.165, 1.54) is 0 Å². The number of rotatable bonds is 2. The van der Waals surface area contributed by atoms with Crippen LogP contribution in [0.3, 0.4) is 0 Å². The number of allylic oxidation sites excluding steroid dienone is 1. The third kappa shape index (κ3) is 2.00. The molecule has 78 valence electrons. The topological polar surface area (TPSA) is 26.3 Å². The minimum atomic E-state index is 0.352. The van der Waals surface area contributed by atoms with Crippen LogP contribution in [0.1, 0.15) is 12.5 Å². The molecule has 1 aromatic carbocycles. The maximum atomic E-state index is 11.1. The van der Waals surface area contributed by atoms with Gasteiger partial charge in [-0.1, -0.05) is 37.3 Å². The lowest BCUT2D eigenvalue weighted by atomic mass is 9.95. The number of ether oxygens (including phenoxy) is 1. The fourth-order valence-corrected chi connectivity index (χ4v) is 1.88. The van der Waals surface area contributed by atoms with Crippen molar-refractivity contribution in [1.29, 1.82) is 0 Å². The summed E-state index contributed by atoms with van der Waals surface area (Å²) in [6.07, 6.45) is 0.940. The Morgan fingerprint density at radius 3 is 2.67 bits per heavy atom. The van der Waals surface area contributed by atoms with E-state index in [0.717, 1.165) is 29.6 Å². The number of hydrogen-bond donors (Lipinski definition) is 0. The van der Waals surface area contributed by atoms with Gasteiger partial charge in [-0.2, -0.15) is 0 Å². The van der Waals surface area contributed by atoms with E-state index < -0.39 is 0 Å². The molecule has 1 aliphatic heterocycles. The van der Waals surface area contributed by atoms with Crippen LogP contribution in [-0.2, 0) is 9.53 Å². The van der Waals surface area contributed by atoms with Crippen LogP contribution in [-0.4, -0.2) is 19.5 Å². The van der Waals surface area contributed by atoms with Crippen molar-refractivity contribution in [2.24, 2.45) is 5.92 Å². The van der Waals surface area contributed by atoms with E-state index in [1.807, 2.05) is 30.3 Å². The quantitative estimate of drug-likeness (QED) is 0.543. The number of carbonyl (C=O) groups is 1. The largest absolute Gasteiger partial charge is 0.376 e. The van der Waals surface area contributed by atoms with Crippen molar-refractivity contribution < 1.29 is 9.53 Å². The minimum absolute atomic E-state index is 0.352. The molecule has 2 nitrogen and oxygen atoms in total. The Balaban J connectivity index is 2.44. The standard InChI is InChI=1S/C13H14O2/c1-10-8-15-9-13(10)12(7-14)11-5-3-2-4-6-11/h2-7,10H,8-9H2,1H3/b13-12+. The highest BCUT2D eigenvalue weighted by Crippen LogP contribution is 2.27. The molecule has 1 unspecified atom stereocenters. The average molecular weight is 202 g/mol. The van der Waals surface area contributed by atoms with Gasteiger partial charge in [-0.3, -0.25) is 4.79 Å². The highest BCUT2D eigenvalue weighted by molar-refractivity contribution is 6.08. The van der Waals surface area contributed by atoms with E-state index in [4.69, 9.17) is 4.74 Å². The third-order valence-corrected chi connectivity index (χ3v) is 2.77. The van der Waals surface area contributed by atoms with E-state index in [-0.39, 0.29) is 0 Å². The normalized spacial score (nSPS) is 23.9. The van der Waals surface area contributed by atoms with Gasteiger partial charge in [-0.05, 0) is 11.1 Å². The summed E-state index contributed by atoms with van der Waals surface area (Å²) in [5, 5.41) is 0. The Morgan fingerprint density at radius 2 is 2.13 bits per heavy atom. The van der Waals surface area contributed by atoms with Crippen molar-refractivity contribution in [1.82, 2.24) is 0 Å². The highest BCUT2D eigenvalue weighted by Gasteiger charge is 2.21. The Hall–Kier alpha value is -1.41. The van der Waals surface area contributed by atoms with Crippen LogP contribution in [0.25, 0.3) is 5.57 Å². The molecule has 0 spiro atoms. The summed E-state index contributed by atoms with van der Waals surface area (Å²) >= 11 is 0. The second kappa shape index (κ2) is 4.41. The second-order valence-electron chi connectivity index (χ2n) is 3.84. The van der Waals surface area contributed by atoms with Gasteiger partial charge in [0.05, 0.1) is 13.2 Å². The number of hydrogen-bond acceptors (Lipinski definition) is 2. The van der Waals surface area contributed by atoms with Gasteiger partial charge in [0.1, 0.15) is 0 Å². The molecule has 0 N–H and O–H groups in total. The molecule has 0 aromatic heterocycles. The maximum Gasteiger partial charge on any atom is 0.150 e. The lowest BCUT2D eigenvalue weighted by Crippen LogP contribution is -2.00. The zero-order valence-electron chi connectivity index (χ0n) is 8.77. The first-order valence-electron chi connectivity index (χ1n) is 5.14. The molecule has 0 radical (unpaired) electrons. The van der Waals surface area contributed by atoms with Gasteiger partial charge in [-0.25, -0.2) is 0 Å². The number of benzene rings is 1. The molecule has 1 fully saturated rings. The van der Waals surface area contributed by atoms with Crippen molar-refractivity contribution in [2.45, 2.75) is 6.92 Å². The van der Waals surface area contributed by atoms with Crippen LogP contribution in [0.15, 0.2) is 35.9 Å². The Morgan fingerprint density at radius 1 is 1.40 bits per heavy atom. The Kier molecular flexibility index (Phi) is 2.97. The molecule has 1 saturated heterocycles. The van der Waals surface area contributed by atoms with Crippen LogP contribution < -0.4 is 0 Å². The van der Waals surface area contributed by atoms with Crippen LogP contribution in [0, 0.1) is 5.92 Å². The fraction of sp³-hybridized carbons (Fsp3) is 0.308. The van der Waals surface area contributed by atoms with E-state index in [0.29, 0.717) is 12.5 Å². The summed E-state index contributed by atoms with van der Waals surface area (Å²) in [5.74, 6) is 0.352. The molecule has 0 amide bonds. The zero-order valence-corrected chi connectivity index (χ0v) is 8.77. The summed E-state index contributed by atoms with van der Waals surface area (Å²) < 4.78 is 5.36. The zero-order chi connectivity index (χ0) is 10.7. The molecule has 1 aliphatic rings. The van der Waals surface area contributed by atoms with Crippen LogP contribution in [0.2, 0.25) is 0 Å². The number of aldehydes is 1. The van der Waals surface area contributed by atoms with Gasteiger partial charge in [0, 0.05) is 11.5 Å². The average Bonchev–Trinajstić information content (AvgIpc) is 2.68. The van der Waals surface area contributed by atoms with Crippen molar-refractivity contribution in [2.75, 3.05) is 13.2 Å². The summed E-state index contributed by atoms with van der Waals surface area (Å²) in [6, 6.07) is 9.76. The monoisotopic (exact) mass is 202 g/mol. The molecule has 2 rings (SSSR count). The first-order valence-corrected chi connectivity index (χ1v) is 5.14. The SMILES string of the molecule is CC1COC/C1=C(/C=O)c1ccccc1. The van der Waals surface area contributed by atoms with Crippen LogP contribution in [0.4, 0.5) is 0 Å². The molecule has 0 saturated carbocycles. The molecule has 0 bridgehead atoms. The van der Waals surface area contributed by atoms with E-state index in [2.05, 4.69) is 6.92 Å². The fourth-order valence-electron chi connectivity index (χ4n) is 1.88. The predicted octanol–water partition coefficient (Wildman–Crippen LogP) is 2.31. The van der Waals surface area contributed by atoms with Gasteiger partial charge in [0.15, 0.2) is 6.29 Å². The molecule has 0 aliphatic carbocycles. The summed E-state index contributed by atoms with van der Waals surface area (Å²) in [6.45, 7) is 3.40. The van der Waals surface area contributed by atoms with E-state index in [9.17, 15) is 4.79 Å². The van der Waals surface area contributed by atoms with Gasteiger partial charge in [0.2, 0.25) is 0 Å². The van der Waals surface area contributed by atoms with Crippen molar-refractivity contribution in [3.05, 3.63) is 41.5 Å². The van der Waals surface area contributed by atoms with Gasteiger partial charge in [-0.15, -0.1) is 0 Å². The molecular weight excluding hydrogens is 188 g/mol. The second-order valence-corrected chi connectivity index (χ2v) is 3.84. The Bertz CT molecular complexity index is 379. The smallest absolute Gasteiger partial charge is 0.150 e. The molecule has 1 aromatic rings. The summed E-state index contributed by atoms with van der Waals surface area (Å²) in [5.41, 5.74) is 2.90. The predicted molar refractivity (Wildman–Crippen MR) is 59.4 cm³/mol. The van der Waals surface area contributed by atoms with Crippen molar-refractivity contribution >= 4 is 11.9 Å². The summed E-state index contributed by atoms with van der Waals surface area (Å²) in [4.78, 5) is 11.1. The summed E-state index contributed by atoms with van der Waals surface area (Å²) in [7, 11) is 0. The van der Waals surface area contributed by atoms with Crippen molar-refractivity contribution in [3.63, 3.8) is 0 Å². The minimum Gasteiger partial charge on any atom is -0.376 e. The molecular formula is C13H14O2. The number of carbonyl (C=O) groups excluding carboxylic acids is 1.